The molecule has 0 aliphatic rings. The minimum Gasteiger partial charge on any atom is -0.481 e. The van der Waals surface area contributed by atoms with Crippen LogP contribution in [-0.4, -0.2) is 11.1 Å². The summed E-state index contributed by atoms with van der Waals surface area (Å²) < 4.78 is 0. The van der Waals surface area contributed by atoms with Gasteiger partial charge in [-0.2, -0.15) is 0 Å². The molecule has 0 radical (unpaired) electrons. The third-order valence-corrected chi connectivity index (χ3v) is 2.33. The normalized spacial score (nSPS) is 12.1. The second-order valence-corrected chi connectivity index (χ2v) is 3.34. The number of rotatable bonds is 4. The lowest BCUT2D eigenvalue weighted by Crippen LogP contribution is -2.11. The molecule has 0 spiro atoms. The maximum Gasteiger partial charge on any atom is 0.311 e. The molecule has 0 aromatic heterocycles. The first-order valence-corrected chi connectivity index (χ1v) is 4.62. The highest BCUT2D eigenvalue weighted by Crippen LogP contribution is 2.27. The smallest absolute Gasteiger partial charge is 0.311 e. The number of halogens is 1. The molecule has 0 bridgehead atoms. The van der Waals surface area contributed by atoms with Crippen LogP contribution in [0.15, 0.2) is 36.9 Å². The number of hydrogen-bond donors (Lipinski definition) is 1. The van der Waals surface area contributed by atoms with Gasteiger partial charge in [0.2, 0.25) is 0 Å². The number of carboxylic acid groups (broad SMARTS) is 1. The Morgan fingerprint density at radius 2 is 2.21 bits per heavy atom. The van der Waals surface area contributed by atoms with E-state index in [1.165, 1.54) is 0 Å². The Hall–Kier alpha value is -1.28. The van der Waals surface area contributed by atoms with Crippen molar-refractivity contribution in [3.05, 3.63) is 47.5 Å². The van der Waals surface area contributed by atoms with Crippen LogP contribution in [0.25, 0.3) is 0 Å². The molecule has 14 heavy (non-hydrogen) atoms. The number of allylic oxidation sites excluding steroid dienone is 1. The summed E-state index contributed by atoms with van der Waals surface area (Å²) in [6.45, 7) is 3.53. The zero-order chi connectivity index (χ0) is 10.6. The Kier molecular flexibility index (Phi) is 3.72. The van der Waals surface area contributed by atoms with Gasteiger partial charge in [-0.15, -0.1) is 6.58 Å². The van der Waals surface area contributed by atoms with E-state index in [0.717, 1.165) is 0 Å². The van der Waals surface area contributed by atoms with Crippen LogP contribution in [0.1, 0.15) is 17.9 Å². The predicted octanol–water partition coefficient (Wildman–Crippen LogP) is 3.08. The van der Waals surface area contributed by atoms with E-state index in [2.05, 4.69) is 6.58 Å². The van der Waals surface area contributed by atoms with Crippen molar-refractivity contribution in [3.8, 4) is 0 Å². The molecule has 3 heteroatoms. The van der Waals surface area contributed by atoms with E-state index in [9.17, 15) is 4.79 Å². The fourth-order valence-electron chi connectivity index (χ4n) is 1.29. The van der Waals surface area contributed by atoms with Crippen molar-refractivity contribution in [1.82, 2.24) is 0 Å². The zero-order valence-electron chi connectivity index (χ0n) is 7.61. The van der Waals surface area contributed by atoms with Crippen LogP contribution in [0, 0.1) is 0 Å². The van der Waals surface area contributed by atoms with Crippen LogP contribution in [0.4, 0.5) is 0 Å². The first kappa shape index (κ1) is 10.8. The summed E-state index contributed by atoms with van der Waals surface area (Å²) in [4.78, 5) is 10.9. The molecule has 1 N–H and O–H groups in total. The van der Waals surface area contributed by atoms with Crippen molar-refractivity contribution in [2.75, 3.05) is 0 Å². The van der Waals surface area contributed by atoms with Gasteiger partial charge in [-0.1, -0.05) is 35.9 Å². The molecule has 0 saturated carbocycles. The molecule has 1 rings (SSSR count). The van der Waals surface area contributed by atoms with Crippen molar-refractivity contribution in [2.45, 2.75) is 12.3 Å². The molecule has 0 fully saturated rings. The fourth-order valence-corrected chi connectivity index (χ4v) is 1.55. The van der Waals surface area contributed by atoms with E-state index < -0.39 is 11.9 Å². The van der Waals surface area contributed by atoms with E-state index in [1.54, 1.807) is 30.3 Å². The summed E-state index contributed by atoms with van der Waals surface area (Å²) in [5.41, 5.74) is 0.640. The molecule has 1 aromatic carbocycles. The van der Waals surface area contributed by atoms with Crippen molar-refractivity contribution in [3.63, 3.8) is 0 Å². The predicted molar refractivity (Wildman–Crippen MR) is 56.6 cm³/mol. The molecular formula is C11H11ClO2. The third-order valence-electron chi connectivity index (χ3n) is 1.98. The zero-order valence-corrected chi connectivity index (χ0v) is 8.37. The van der Waals surface area contributed by atoms with Crippen LogP contribution < -0.4 is 0 Å². The minimum absolute atomic E-state index is 0.388. The molecule has 2 nitrogen and oxygen atoms in total. The number of hydrogen-bond acceptors (Lipinski definition) is 1. The van der Waals surface area contributed by atoms with Crippen LogP contribution in [0.5, 0.6) is 0 Å². The summed E-state index contributed by atoms with van der Waals surface area (Å²) in [6, 6.07) is 6.97. The molecule has 1 atom stereocenters. The van der Waals surface area contributed by atoms with E-state index in [-0.39, 0.29) is 0 Å². The minimum atomic E-state index is -0.877. The summed E-state index contributed by atoms with van der Waals surface area (Å²) >= 11 is 5.90. The Bertz CT molecular complexity index is 347. The Morgan fingerprint density at radius 1 is 1.57 bits per heavy atom. The lowest BCUT2D eigenvalue weighted by molar-refractivity contribution is -0.138. The van der Waals surface area contributed by atoms with Gasteiger partial charge in [0.15, 0.2) is 0 Å². The molecule has 0 amide bonds. The molecule has 0 aliphatic heterocycles. The van der Waals surface area contributed by atoms with Gasteiger partial charge in [0, 0.05) is 5.02 Å². The lowest BCUT2D eigenvalue weighted by Gasteiger charge is -2.11. The Morgan fingerprint density at radius 3 is 2.71 bits per heavy atom. The molecular weight excluding hydrogens is 200 g/mol. The number of carbonyl (C=O) groups is 1. The van der Waals surface area contributed by atoms with Gasteiger partial charge in [-0.25, -0.2) is 0 Å². The lowest BCUT2D eigenvalue weighted by atomic mass is 9.96. The Labute approximate surface area is 87.8 Å². The van der Waals surface area contributed by atoms with Gasteiger partial charge >= 0.3 is 5.97 Å². The van der Waals surface area contributed by atoms with Gasteiger partial charge in [-0.3, -0.25) is 4.79 Å². The largest absolute Gasteiger partial charge is 0.481 e. The van der Waals surface area contributed by atoms with Gasteiger partial charge in [-0.05, 0) is 18.1 Å². The fraction of sp³-hybridized carbons (Fsp3) is 0.182. The monoisotopic (exact) mass is 210 g/mol. The Balaban J connectivity index is 3.04. The number of aliphatic carboxylic acids is 1. The SMILES string of the molecule is C=CCC(C(=O)O)c1ccccc1Cl. The highest BCUT2D eigenvalue weighted by molar-refractivity contribution is 6.31. The topological polar surface area (TPSA) is 37.3 Å². The van der Waals surface area contributed by atoms with Crippen LogP contribution >= 0.6 is 11.6 Å². The van der Waals surface area contributed by atoms with E-state index in [4.69, 9.17) is 16.7 Å². The summed E-state index contributed by atoms with van der Waals surface area (Å²) in [5, 5.41) is 9.46. The van der Waals surface area contributed by atoms with E-state index in [0.29, 0.717) is 17.0 Å². The van der Waals surface area contributed by atoms with Crippen LogP contribution in [-0.2, 0) is 4.79 Å². The summed E-state index contributed by atoms with van der Waals surface area (Å²) in [7, 11) is 0. The van der Waals surface area contributed by atoms with Gasteiger partial charge in [0.25, 0.3) is 0 Å². The van der Waals surface area contributed by atoms with E-state index in [1.807, 2.05) is 0 Å². The first-order valence-electron chi connectivity index (χ1n) is 4.25. The molecule has 0 saturated heterocycles. The quantitative estimate of drug-likeness (QED) is 0.776. The molecule has 1 unspecified atom stereocenters. The molecule has 74 valence electrons. The summed E-state index contributed by atoms with van der Waals surface area (Å²) in [5.74, 6) is -1.47. The second-order valence-electron chi connectivity index (χ2n) is 2.94. The van der Waals surface area contributed by atoms with Crippen molar-refractivity contribution >= 4 is 17.6 Å². The molecule has 1 aromatic rings. The van der Waals surface area contributed by atoms with Gasteiger partial charge in [0.1, 0.15) is 0 Å². The average molecular weight is 211 g/mol. The van der Waals surface area contributed by atoms with Gasteiger partial charge < -0.3 is 5.11 Å². The third kappa shape index (κ3) is 2.36. The summed E-state index contributed by atoms with van der Waals surface area (Å²) in [6.07, 6.45) is 1.97. The van der Waals surface area contributed by atoms with Crippen molar-refractivity contribution in [2.24, 2.45) is 0 Å². The number of benzene rings is 1. The highest BCUT2D eigenvalue weighted by atomic mass is 35.5. The highest BCUT2D eigenvalue weighted by Gasteiger charge is 2.20. The van der Waals surface area contributed by atoms with Crippen molar-refractivity contribution in [1.29, 1.82) is 0 Å². The van der Waals surface area contributed by atoms with Gasteiger partial charge in [0.05, 0.1) is 5.92 Å². The molecule has 0 aliphatic carbocycles. The van der Waals surface area contributed by atoms with Crippen LogP contribution in [0.3, 0.4) is 0 Å². The molecule has 0 heterocycles. The maximum absolute atomic E-state index is 10.9. The van der Waals surface area contributed by atoms with E-state index >= 15 is 0 Å². The first-order chi connectivity index (χ1) is 6.66. The maximum atomic E-state index is 10.9. The average Bonchev–Trinajstić information content (AvgIpc) is 2.15. The standard InChI is InChI=1S/C11H11ClO2/c1-2-5-9(11(13)14)8-6-3-4-7-10(8)12/h2-4,6-7,9H,1,5H2,(H,13,14). The van der Waals surface area contributed by atoms with Crippen molar-refractivity contribution < 1.29 is 9.90 Å². The van der Waals surface area contributed by atoms with Crippen LogP contribution in [0.2, 0.25) is 5.02 Å². The number of carboxylic acids is 1. The second kappa shape index (κ2) is 4.82.